The number of nitrogens with one attached hydrogen (secondary N) is 2. The Balaban J connectivity index is 1.34. The van der Waals surface area contributed by atoms with Crippen LogP contribution in [0.15, 0.2) is 67.4 Å². The van der Waals surface area contributed by atoms with E-state index in [0.29, 0.717) is 41.6 Å². The van der Waals surface area contributed by atoms with Crippen LogP contribution in [0.5, 0.6) is 11.5 Å². The van der Waals surface area contributed by atoms with Gasteiger partial charge in [0.2, 0.25) is 17.8 Å². The Morgan fingerprint density at radius 1 is 1.12 bits per heavy atom. The lowest BCUT2D eigenvalue weighted by Crippen LogP contribution is -2.42. The van der Waals surface area contributed by atoms with Gasteiger partial charge in [0.25, 0.3) is 0 Å². The molecule has 0 aliphatic carbocycles. The van der Waals surface area contributed by atoms with E-state index in [1.807, 2.05) is 42.6 Å². The molecule has 1 amide bonds. The number of rotatable bonds is 10. The number of hydrogen-bond acceptors (Lipinski definition) is 8. The van der Waals surface area contributed by atoms with Crippen molar-refractivity contribution in [2.75, 3.05) is 42.7 Å². The molecule has 10 nitrogen and oxygen atoms in total. The van der Waals surface area contributed by atoms with Crippen molar-refractivity contribution < 1.29 is 9.53 Å². The van der Waals surface area contributed by atoms with Crippen LogP contribution >= 0.6 is 0 Å². The molecular weight excluding hydrogens is 516 g/mol. The molecule has 41 heavy (non-hydrogen) atoms. The normalized spacial score (nSPS) is 14.0. The maximum absolute atomic E-state index is 11.7. The first-order valence-corrected chi connectivity index (χ1v) is 14.0. The number of amides is 1. The number of carbonyl (C=O) groups is 1. The average Bonchev–Trinajstić information content (AvgIpc) is 3.41. The van der Waals surface area contributed by atoms with Gasteiger partial charge in [-0.15, -0.1) is 0 Å². The first-order chi connectivity index (χ1) is 19.8. The Kier molecular flexibility index (Phi) is 8.49. The minimum Gasteiger partial charge on any atom is -0.457 e. The smallest absolute Gasteiger partial charge is 0.247 e. The van der Waals surface area contributed by atoms with Crippen LogP contribution in [0, 0.1) is 0 Å². The molecule has 0 unspecified atom stereocenters. The van der Waals surface area contributed by atoms with Crippen molar-refractivity contribution in [2.45, 2.75) is 45.2 Å². The van der Waals surface area contributed by atoms with Crippen LogP contribution in [0.3, 0.4) is 0 Å². The molecule has 0 saturated carbocycles. The third-order valence-electron chi connectivity index (χ3n) is 7.35. The summed E-state index contributed by atoms with van der Waals surface area (Å²) < 4.78 is 7.89. The van der Waals surface area contributed by atoms with Crippen LogP contribution in [0.25, 0.3) is 5.65 Å². The van der Waals surface area contributed by atoms with Crippen molar-refractivity contribution in [3.63, 3.8) is 0 Å². The first-order valence-electron chi connectivity index (χ1n) is 14.0. The molecule has 5 rings (SSSR count). The van der Waals surface area contributed by atoms with E-state index in [2.05, 4.69) is 60.1 Å². The van der Waals surface area contributed by atoms with Gasteiger partial charge in [-0.05, 0) is 68.8 Å². The Morgan fingerprint density at radius 3 is 2.56 bits per heavy atom. The highest BCUT2D eigenvalue weighted by Gasteiger charge is 2.24. The van der Waals surface area contributed by atoms with Crippen molar-refractivity contribution in [1.82, 2.24) is 24.5 Å². The van der Waals surface area contributed by atoms with Gasteiger partial charge < -0.3 is 25.2 Å². The molecule has 2 aromatic carbocycles. The van der Waals surface area contributed by atoms with Crippen LogP contribution in [0.4, 0.5) is 17.6 Å². The summed E-state index contributed by atoms with van der Waals surface area (Å²) in [6.07, 6.45) is 5.29. The molecule has 0 spiro atoms. The van der Waals surface area contributed by atoms with E-state index in [9.17, 15) is 4.79 Å². The van der Waals surface area contributed by atoms with E-state index in [1.54, 1.807) is 16.6 Å². The van der Waals surface area contributed by atoms with Crippen LogP contribution in [-0.2, 0) is 11.3 Å². The summed E-state index contributed by atoms with van der Waals surface area (Å²) in [6, 6.07) is 15.7. The number of fused-ring (bicyclic) bond motifs is 1. The minimum atomic E-state index is -0.270. The van der Waals surface area contributed by atoms with Gasteiger partial charge in [0.1, 0.15) is 11.5 Å². The molecule has 4 aromatic rings. The minimum absolute atomic E-state index is 0.270. The number of ether oxygens (including phenoxy) is 1. The average molecular weight is 555 g/mol. The van der Waals surface area contributed by atoms with E-state index in [0.717, 1.165) is 48.7 Å². The van der Waals surface area contributed by atoms with Gasteiger partial charge in [-0.25, -0.2) is 0 Å². The zero-order valence-electron chi connectivity index (χ0n) is 24.2. The molecule has 0 radical (unpaired) electrons. The predicted molar refractivity (Wildman–Crippen MR) is 163 cm³/mol. The number of hydrogen-bond donors (Lipinski definition) is 2. The molecule has 1 aliphatic rings. The van der Waals surface area contributed by atoms with Crippen molar-refractivity contribution in [3.8, 4) is 11.5 Å². The third-order valence-corrected chi connectivity index (χ3v) is 7.35. The fourth-order valence-electron chi connectivity index (χ4n) is 5.00. The Labute approximate surface area is 241 Å². The van der Waals surface area contributed by atoms with Crippen molar-refractivity contribution in [1.29, 1.82) is 0 Å². The molecule has 10 heteroatoms. The summed E-state index contributed by atoms with van der Waals surface area (Å²) in [5.74, 6) is 2.72. The quantitative estimate of drug-likeness (QED) is 0.255. The number of anilines is 3. The van der Waals surface area contributed by atoms with Gasteiger partial charge in [0, 0.05) is 43.0 Å². The molecule has 2 N–H and O–H groups in total. The van der Waals surface area contributed by atoms with E-state index in [4.69, 9.17) is 14.7 Å². The maximum Gasteiger partial charge on any atom is 0.247 e. The summed E-state index contributed by atoms with van der Waals surface area (Å²) in [5.41, 5.74) is 3.60. The number of carbonyl (C=O) groups excluding carboxylic acids is 1. The van der Waals surface area contributed by atoms with Crippen molar-refractivity contribution in [2.24, 2.45) is 0 Å². The summed E-state index contributed by atoms with van der Waals surface area (Å²) in [4.78, 5) is 26.1. The lowest BCUT2D eigenvalue weighted by molar-refractivity contribution is -0.111. The summed E-state index contributed by atoms with van der Waals surface area (Å²) in [7, 11) is 4.29. The van der Waals surface area contributed by atoms with Crippen LogP contribution < -0.4 is 20.3 Å². The van der Waals surface area contributed by atoms with Gasteiger partial charge in [0.15, 0.2) is 5.65 Å². The first kappa shape index (κ1) is 28.1. The molecule has 1 aliphatic heterocycles. The predicted octanol–water partition coefficient (Wildman–Crippen LogP) is 5.31. The Hall–Kier alpha value is -4.44. The summed E-state index contributed by atoms with van der Waals surface area (Å²) in [5, 5.41) is 10.9. The highest BCUT2D eigenvalue weighted by molar-refractivity contribution is 5.98. The van der Waals surface area contributed by atoms with Crippen molar-refractivity contribution >= 4 is 29.1 Å². The van der Waals surface area contributed by atoms with E-state index in [1.165, 1.54) is 6.08 Å². The monoisotopic (exact) mass is 554 g/mol. The third kappa shape index (κ3) is 6.66. The molecule has 2 aromatic heterocycles. The van der Waals surface area contributed by atoms with Crippen molar-refractivity contribution in [3.05, 3.63) is 78.5 Å². The zero-order chi connectivity index (χ0) is 28.9. The maximum atomic E-state index is 11.7. The number of nitrogens with zero attached hydrogens (tertiary/aromatic N) is 6. The molecule has 3 heterocycles. The van der Waals surface area contributed by atoms with Gasteiger partial charge in [-0.1, -0.05) is 38.6 Å². The zero-order valence-corrected chi connectivity index (χ0v) is 24.2. The summed E-state index contributed by atoms with van der Waals surface area (Å²) in [6.45, 7) is 10.2. The van der Waals surface area contributed by atoms with Gasteiger partial charge >= 0.3 is 0 Å². The topological polar surface area (TPSA) is 99.9 Å². The number of benzene rings is 2. The molecule has 1 fully saturated rings. The molecule has 0 atom stereocenters. The largest absolute Gasteiger partial charge is 0.457 e. The lowest BCUT2D eigenvalue weighted by atomic mass is 10.0. The standard InChI is InChI=1S/C31H38N8O2/c1-6-28(40)34-23-10-8-12-26(18-23)41-25-11-7-9-22(17-25)19-32-30-36-31(38-15-13-24(14-16-38)37(4)5)35-29-27(21(2)3)20-33-39(29)30/h6-12,17-18,20-21,24H,1,13-16,19H2,2-5H3,(H,34,40)(H,32,35,36). The highest BCUT2D eigenvalue weighted by Crippen LogP contribution is 2.27. The van der Waals surface area contributed by atoms with E-state index < -0.39 is 0 Å². The highest BCUT2D eigenvalue weighted by atomic mass is 16.5. The molecular formula is C31H38N8O2. The SMILES string of the molecule is C=CC(=O)Nc1cccc(Oc2cccc(CNc3nc(N4CCC(N(C)C)CC4)nc4c(C(C)C)cnn34)c2)c1. The molecule has 0 bridgehead atoms. The van der Waals surface area contributed by atoms with Crippen LogP contribution in [-0.4, -0.2) is 63.6 Å². The second-order valence-electron chi connectivity index (χ2n) is 10.8. The van der Waals surface area contributed by atoms with E-state index >= 15 is 0 Å². The Morgan fingerprint density at radius 2 is 1.85 bits per heavy atom. The second-order valence-corrected chi connectivity index (χ2v) is 10.8. The van der Waals surface area contributed by atoms with Crippen LogP contribution in [0.2, 0.25) is 0 Å². The number of aromatic nitrogens is 4. The lowest BCUT2D eigenvalue weighted by Gasteiger charge is -2.35. The molecule has 214 valence electrons. The van der Waals surface area contributed by atoms with E-state index in [-0.39, 0.29) is 5.91 Å². The van der Waals surface area contributed by atoms with Crippen LogP contribution in [0.1, 0.15) is 43.7 Å². The fraction of sp³-hybridized carbons (Fsp3) is 0.355. The Bertz CT molecular complexity index is 1520. The molecule has 1 saturated heterocycles. The fourth-order valence-corrected chi connectivity index (χ4v) is 5.00. The van der Waals surface area contributed by atoms with Gasteiger partial charge in [-0.3, -0.25) is 4.79 Å². The summed E-state index contributed by atoms with van der Waals surface area (Å²) >= 11 is 0. The van der Waals surface area contributed by atoms with Gasteiger partial charge in [0.05, 0.1) is 6.20 Å². The second kappa shape index (κ2) is 12.4. The number of piperidine rings is 1. The van der Waals surface area contributed by atoms with Gasteiger partial charge in [-0.2, -0.15) is 19.6 Å².